The predicted molar refractivity (Wildman–Crippen MR) is 70.9 cm³/mol. The average Bonchev–Trinajstić information content (AvgIpc) is 2.66. The second kappa shape index (κ2) is 5.75. The molecule has 1 unspecified atom stereocenters. The van der Waals surface area contributed by atoms with Gasteiger partial charge in [0.2, 0.25) is 0 Å². The summed E-state index contributed by atoms with van der Waals surface area (Å²) in [5, 5.41) is 2.95. The Hall–Kier alpha value is -1.45. The number of hydrogen-bond donors (Lipinski definition) is 2. The van der Waals surface area contributed by atoms with Crippen LogP contribution >= 0.6 is 0 Å². The van der Waals surface area contributed by atoms with Crippen LogP contribution in [0.4, 0.5) is 5.69 Å². The van der Waals surface area contributed by atoms with Crippen molar-refractivity contribution in [1.29, 1.82) is 0 Å². The highest BCUT2D eigenvalue weighted by molar-refractivity contribution is 5.93. The van der Waals surface area contributed by atoms with Crippen molar-refractivity contribution in [2.24, 2.45) is 11.8 Å². The molecule has 0 spiro atoms. The molecule has 1 aromatic rings. The number of nitrogens with one attached hydrogen (secondary N) is 1. The maximum absolute atomic E-state index is 12.0. The number of anilines is 1. The van der Waals surface area contributed by atoms with Gasteiger partial charge < -0.3 is 15.6 Å². The van der Waals surface area contributed by atoms with Gasteiger partial charge in [0.15, 0.2) is 0 Å². The van der Waals surface area contributed by atoms with E-state index in [2.05, 4.69) is 26.1 Å². The zero-order valence-electron chi connectivity index (χ0n) is 11.2. The highest BCUT2D eigenvalue weighted by atomic mass is 16.1. The van der Waals surface area contributed by atoms with Crippen LogP contribution < -0.4 is 11.1 Å². The number of nitrogens with two attached hydrogens (primary N) is 1. The summed E-state index contributed by atoms with van der Waals surface area (Å²) < 4.78 is 1.87. The van der Waals surface area contributed by atoms with Crippen LogP contribution in [0.3, 0.4) is 0 Å². The summed E-state index contributed by atoms with van der Waals surface area (Å²) in [4.78, 5) is 12.0. The van der Waals surface area contributed by atoms with Gasteiger partial charge >= 0.3 is 0 Å². The first-order chi connectivity index (χ1) is 7.95. The van der Waals surface area contributed by atoms with Crippen LogP contribution in [0, 0.1) is 11.8 Å². The van der Waals surface area contributed by atoms with E-state index in [1.807, 2.05) is 11.5 Å². The monoisotopic (exact) mass is 237 g/mol. The first-order valence-corrected chi connectivity index (χ1v) is 6.19. The average molecular weight is 237 g/mol. The third-order valence-electron chi connectivity index (χ3n) is 3.21. The van der Waals surface area contributed by atoms with Crippen molar-refractivity contribution in [3.63, 3.8) is 0 Å². The highest BCUT2D eigenvalue weighted by Crippen LogP contribution is 2.12. The van der Waals surface area contributed by atoms with E-state index in [1.165, 1.54) is 0 Å². The standard InChI is InChI=1S/C13H23N3O/c1-5-16-8-11(14)6-12(16)13(17)15-7-10(4)9(2)3/h6,8-10H,5,7,14H2,1-4H3,(H,15,17). The number of hydrogen-bond acceptors (Lipinski definition) is 2. The van der Waals surface area contributed by atoms with Crippen LogP contribution in [0.5, 0.6) is 0 Å². The summed E-state index contributed by atoms with van der Waals surface area (Å²) in [6, 6.07) is 1.72. The second-order valence-electron chi connectivity index (χ2n) is 4.88. The zero-order chi connectivity index (χ0) is 13.0. The second-order valence-corrected chi connectivity index (χ2v) is 4.88. The quantitative estimate of drug-likeness (QED) is 0.824. The van der Waals surface area contributed by atoms with Crippen molar-refractivity contribution in [3.8, 4) is 0 Å². The maximum Gasteiger partial charge on any atom is 0.267 e. The van der Waals surface area contributed by atoms with Crippen LogP contribution in [0.2, 0.25) is 0 Å². The number of nitrogen functional groups attached to an aromatic ring is 1. The lowest BCUT2D eigenvalue weighted by Crippen LogP contribution is -2.31. The number of rotatable bonds is 5. The number of carbonyl (C=O) groups is 1. The van der Waals surface area contributed by atoms with E-state index in [0.29, 0.717) is 29.8 Å². The zero-order valence-corrected chi connectivity index (χ0v) is 11.2. The Bertz CT molecular complexity index is 382. The molecule has 0 fully saturated rings. The lowest BCUT2D eigenvalue weighted by Gasteiger charge is -2.16. The molecule has 1 amide bonds. The van der Waals surface area contributed by atoms with Gasteiger partial charge in [0.25, 0.3) is 5.91 Å². The SMILES string of the molecule is CCn1cc(N)cc1C(=O)NCC(C)C(C)C. The van der Waals surface area contributed by atoms with E-state index in [4.69, 9.17) is 5.73 Å². The predicted octanol–water partition coefficient (Wildman–Crippen LogP) is 2.11. The minimum atomic E-state index is -0.0453. The van der Waals surface area contributed by atoms with Crippen LogP contribution in [-0.4, -0.2) is 17.0 Å². The van der Waals surface area contributed by atoms with Crippen LogP contribution in [0.25, 0.3) is 0 Å². The summed E-state index contributed by atoms with van der Waals surface area (Å²) in [5.74, 6) is 0.996. The Morgan fingerprint density at radius 3 is 2.65 bits per heavy atom. The molecule has 0 bridgehead atoms. The van der Waals surface area contributed by atoms with Gasteiger partial charge in [-0.2, -0.15) is 0 Å². The lowest BCUT2D eigenvalue weighted by molar-refractivity contribution is 0.0935. The van der Waals surface area contributed by atoms with Gasteiger partial charge in [-0.1, -0.05) is 20.8 Å². The van der Waals surface area contributed by atoms with E-state index in [-0.39, 0.29) is 5.91 Å². The van der Waals surface area contributed by atoms with Gasteiger partial charge in [-0.05, 0) is 24.8 Å². The highest BCUT2D eigenvalue weighted by Gasteiger charge is 2.14. The van der Waals surface area contributed by atoms with Crippen molar-refractivity contribution in [2.75, 3.05) is 12.3 Å². The first-order valence-electron chi connectivity index (χ1n) is 6.19. The fourth-order valence-electron chi connectivity index (χ4n) is 1.57. The van der Waals surface area contributed by atoms with E-state index in [9.17, 15) is 4.79 Å². The molecule has 1 aromatic heterocycles. The Kier molecular flexibility index (Phi) is 4.61. The van der Waals surface area contributed by atoms with Gasteiger partial charge in [-0.25, -0.2) is 0 Å². The lowest BCUT2D eigenvalue weighted by atomic mass is 9.98. The molecular formula is C13H23N3O. The van der Waals surface area contributed by atoms with Gasteiger partial charge in [0.05, 0.1) is 5.69 Å². The molecule has 1 heterocycles. The fourth-order valence-corrected chi connectivity index (χ4v) is 1.57. The number of aryl methyl sites for hydroxylation is 1. The molecule has 0 aromatic carbocycles. The topological polar surface area (TPSA) is 60.0 Å². The summed E-state index contributed by atoms with van der Waals surface area (Å²) in [5.41, 5.74) is 6.97. The summed E-state index contributed by atoms with van der Waals surface area (Å²) in [6.07, 6.45) is 1.79. The van der Waals surface area contributed by atoms with Crippen molar-refractivity contribution in [1.82, 2.24) is 9.88 Å². The van der Waals surface area contributed by atoms with Crippen molar-refractivity contribution in [3.05, 3.63) is 18.0 Å². The molecule has 0 aliphatic carbocycles. The summed E-state index contributed by atoms with van der Waals surface area (Å²) in [6.45, 7) is 9.89. The van der Waals surface area contributed by atoms with Crippen LogP contribution in [0.15, 0.2) is 12.3 Å². The third kappa shape index (κ3) is 3.51. The molecule has 0 radical (unpaired) electrons. The molecule has 0 aliphatic heterocycles. The Balaban J connectivity index is 2.63. The number of amides is 1. The molecule has 17 heavy (non-hydrogen) atoms. The van der Waals surface area contributed by atoms with Crippen molar-refractivity contribution >= 4 is 11.6 Å². The van der Waals surface area contributed by atoms with Gasteiger partial charge in [-0.3, -0.25) is 4.79 Å². The van der Waals surface area contributed by atoms with Crippen molar-refractivity contribution < 1.29 is 4.79 Å². The number of aromatic nitrogens is 1. The third-order valence-corrected chi connectivity index (χ3v) is 3.21. The Morgan fingerprint density at radius 1 is 1.47 bits per heavy atom. The number of carbonyl (C=O) groups excluding carboxylic acids is 1. The minimum absolute atomic E-state index is 0.0453. The van der Waals surface area contributed by atoms with Crippen molar-refractivity contribution in [2.45, 2.75) is 34.2 Å². The normalized spacial score (nSPS) is 12.8. The van der Waals surface area contributed by atoms with Gasteiger partial charge in [0.1, 0.15) is 5.69 Å². The molecule has 1 rings (SSSR count). The molecule has 3 N–H and O–H groups in total. The molecule has 0 aliphatic rings. The minimum Gasteiger partial charge on any atom is -0.397 e. The van der Waals surface area contributed by atoms with E-state index in [1.54, 1.807) is 12.3 Å². The van der Waals surface area contributed by atoms with E-state index in [0.717, 1.165) is 6.54 Å². The first kappa shape index (κ1) is 13.6. The van der Waals surface area contributed by atoms with Crippen LogP contribution in [0.1, 0.15) is 38.2 Å². The van der Waals surface area contributed by atoms with E-state index < -0.39 is 0 Å². The van der Waals surface area contributed by atoms with E-state index >= 15 is 0 Å². The molecule has 4 heteroatoms. The smallest absolute Gasteiger partial charge is 0.267 e. The molecule has 96 valence electrons. The molecule has 0 saturated carbocycles. The largest absolute Gasteiger partial charge is 0.397 e. The Morgan fingerprint density at radius 2 is 2.12 bits per heavy atom. The number of nitrogens with zero attached hydrogens (tertiary/aromatic N) is 1. The maximum atomic E-state index is 12.0. The molecule has 4 nitrogen and oxygen atoms in total. The van der Waals surface area contributed by atoms with Crippen LogP contribution in [-0.2, 0) is 6.54 Å². The summed E-state index contributed by atoms with van der Waals surface area (Å²) in [7, 11) is 0. The molecular weight excluding hydrogens is 214 g/mol. The van der Waals surface area contributed by atoms with Gasteiger partial charge in [-0.15, -0.1) is 0 Å². The summed E-state index contributed by atoms with van der Waals surface area (Å²) >= 11 is 0. The fraction of sp³-hybridized carbons (Fsp3) is 0.615. The Labute approximate surface area is 103 Å². The van der Waals surface area contributed by atoms with Gasteiger partial charge in [0, 0.05) is 19.3 Å². The molecule has 0 saturated heterocycles. The molecule has 1 atom stereocenters.